The number of halogens is 1. The first kappa shape index (κ1) is 17.8. The van der Waals surface area contributed by atoms with Crippen LogP contribution in [0.1, 0.15) is 39.2 Å². The molecule has 0 saturated carbocycles. The Morgan fingerprint density at radius 3 is 2.35 bits per heavy atom. The molecule has 1 aromatic carbocycles. The van der Waals surface area contributed by atoms with Gasteiger partial charge in [-0.15, -0.1) is 0 Å². The van der Waals surface area contributed by atoms with Gasteiger partial charge in [0.25, 0.3) is 0 Å². The maximum atomic E-state index is 12.2. The molecule has 1 fully saturated rings. The normalized spacial score (nSPS) is 17.7. The van der Waals surface area contributed by atoms with Crippen molar-refractivity contribution in [2.75, 3.05) is 13.1 Å². The van der Waals surface area contributed by atoms with E-state index in [0.717, 1.165) is 10.0 Å². The van der Waals surface area contributed by atoms with E-state index in [1.165, 1.54) is 0 Å². The van der Waals surface area contributed by atoms with Gasteiger partial charge in [0.05, 0.1) is 5.41 Å². The Hall–Kier alpha value is -1.56. The molecular weight excluding hydrogens is 360 g/mol. The quantitative estimate of drug-likeness (QED) is 0.853. The smallest absolute Gasteiger partial charge is 0.410 e. The first-order chi connectivity index (χ1) is 10.6. The van der Waals surface area contributed by atoms with E-state index in [2.05, 4.69) is 15.9 Å². The molecule has 0 bridgehead atoms. The summed E-state index contributed by atoms with van der Waals surface area (Å²) >= 11 is 3.43. The third kappa shape index (κ3) is 4.05. The molecule has 0 atom stereocenters. The topological polar surface area (TPSA) is 72.6 Å². The minimum atomic E-state index is -0.734. The van der Waals surface area contributed by atoms with Crippen molar-refractivity contribution in [3.63, 3.8) is 0 Å². The molecule has 6 heteroatoms. The molecule has 2 amide bonds. The fourth-order valence-corrected chi connectivity index (χ4v) is 3.26. The molecule has 0 radical (unpaired) electrons. The van der Waals surface area contributed by atoms with Gasteiger partial charge in [0.2, 0.25) is 5.91 Å². The molecule has 2 N–H and O–H groups in total. The zero-order chi connectivity index (χ0) is 17.3. The van der Waals surface area contributed by atoms with E-state index in [9.17, 15) is 9.59 Å². The van der Waals surface area contributed by atoms with Crippen molar-refractivity contribution in [1.29, 1.82) is 0 Å². The van der Waals surface area contributed by atoms with Crippen molar-refractivity contribution in [3.05, 3.63) is 34.3 Å². The van der Waals surface area contributed by atoms with Gasteiger partial charge in [-0.25, -0.2) is 4.79 Å². The van der Waals surface area contributed by atoms with Crippen LogP contribution in [0, 0.1) is 0 Å². The zero-order valence-electron chi connectivity index (χ0n) is 13.8. The SMILES string of the molecule is CC(C)(C)OC(=O)N1CCC(C(N)=O)(c2cccc(Br)c2)CC1. The standard InChI is InChI=1S/C17H23BrN2O3/c1-16(2,3)23-15(22)20-9-7-17(8-10-20,14(19)21)12-5-4-6-13(18)11-12/h4-6,11H,7-10H2,1-3H3,(H2,19,21). The number of likely N-dealkylation sites (tertiary alicyclic amines) is 1. The number of nitrogens with two attached hydrogens (primary N) is 1. The second-order valence-corrected chi connectivity index (χ2v) is 7.84. The van der Waals surface area contributed by atoms with Crippen LogP contribution in [-0.4, -0.2) is 35.6 Å². The highest BCUT2D eigenvalue weighted by molar-refractivity contribution is 9.10. The van der Waals surface area contributed by atoms with E-state index in [4.69, 9.17) is 10.5 Å². The van der Waals surface area contributed by atoms with Crippen molar-refractivity contribution in [2.24, 2.45) is 5.73 Å². The summed E-state index contributed by atoms with van der Waals surface area (Å²) in [4.78, 5) is 26.0. The Kier molecular flexibility index (Phi) is 5.04. The van der Waals surface area contributed by atoms with Gasteiger partial charge < -0.3 is 15.4 Å². The van der Waals surface area contributed by atoms with Gasteiger partial charge >= 0.3 is 6.09 Å². The van der Waals surface area contributed by atoms with Gasteiger partial charge in [-0.1, -0.05) is 28.1 Å². The molecule has 0 spiro atoms. The number of amides is 2. The molecule has 1 aliphatic heterocycles. The number of carbonyl (C=O) groups is 2. The molecule has 1 aromatic rings. The first-order valence-corrected chi connectivity index (χ1v) is 8.47. The molecule has 126 valence electrons. The van der Waals surface area contributed by atoms with Crippen LogP contribution < -0.4 is 5.73 Å². The van der Waals surface area contributed by atoms with E-state index < -0.39 is 11.0 Å². The first-order valence-electron chi connectivity index (χ1n) is 7.68. The maximum absolute atomic E-state index is 12.2. The van der Waals surface area contributed by atoms with Crippen molar-refractivity contribution in [1.82, 2.24) is 4.90 Å². The van der Waals surface area contributed by atoms with Crippen LogP contribution in [0.4, 0.5) is 4.79 Å². The molecule has 0 aliphatic carbocycles. The molecule has 2 rings (SSSR count). The number of hydrogen-bond donors (Lipinski definition) is 1. The summed E-state index contributed by atoms with van der Waals surface area (Å²) in [7, 11) is 0. The van der Waals surface area contributed by atoms with Crippen molar-refractivity contribution < 1.29 is 14.3 Å². The highest BCUT2D eigenvalue weighted by Crippen LogP contribution is 2.36. The van der Waals surface area contributed by atoms with E-state index in [1.54, 1.807) is 4.90 Å². The predicted octanol–water partition coefficient (Wildman–Crippen LogP) is 3.20. The van der Waals surface area contributed by atoms with Crippen LogP contribution >= 0.6 is 15.9 Å². The Labute approximate surface area is 145 Å². The van der Waals surface area contributed by atoms with Gasteiger partial charge in [0.15, 0.2) is 0 Å². The molecule has 1 aliphatic rings. The van der Waals surface area contributed by atoms with Crippen LogP contribution in [0.15, 0.2) is 28.7 Å². The summed E-state index contributed by atoms with van der Waals surface area (Å²) in [6.07, 6.45) is 0.653. The van der Waals surface area contributed by atoms with Gasteiger partial charge in [-0.05, 0) is 51.3 Å². The number of piperidine rings is 1. The lowest BCUT2D eigenvalue weighted by Crippen LogP contribution is -2.52. The fraction of sp³-hybridized carbons (Fsp3) is 0.529. The van der Waals surface area contributed by atoms with Gasteiger partial charge in [-0.2, -0.15) is 0 Å². The predicted molar refractivity (Wildman–Crippen MR) is 92.1 cm³/mol. The van der Waals surface area contributed by atoms with Gasteiger partial charge in [0, 0.05) is 17.6 Å². The molecular formula is C17H23BrN2O3. The Morgan fingerprint density at radius 2 is 1.87 bits per heavy atom. The number of rotatable bonds is 2. The summed E-state index contributed by atoms with van der Waals surface area (Å²) in [6, 6.07) is 7.64. The molecule has 23 heavy (non-hydrogen) atoms. The number of nitrogens with zero attached hydrogens (tertiary/aromatic N) is 1. The van der Waals surface area contributed by atoms with E-state index >= 15 is 0 Å². The third-order valence-electron chi connectivity index (χ3n) is 4.12. The molecule has 0 aromatic heterocycles. The largest absolute Gasteiger partial charge is 0.444 e. The van der Waals surface area contributed by atoms with Crippen LogP contribution in [-0.2, 0) is 14.9 Å². The summed E-state index contributed by atoms with van der Waals surface area (Å²) in [6.45, 7) is 6.41. The summed E-state index contributed by atoms with van der Waals surface area (Å²) in [5, 5.41) is 0. The van der Waals surface area contributed by atoms with Crippen molar-refractivity contribution >= 4 is 27.9 Å². The van der Waals surface area contributed by atoms with Crippen LogP contribution in [0.3, 0.4) is 0 Å². The third-order valence-corrected chi connectivity index (χ3v) is 4.61. The lowest BCUT2D eigenvalue weighted by molar-refractivity contribution is -0.125. The molecule has 1 heterocycles. The Morgan fingerprint density at radius 1 is 1.26 bits per heavy atom. The number of ether oxygens (including phenoxy) is 1. The second-order valence-electron chi connectivity index (χ2n) is 6.92. The van der Waals surface area contributed by atoms with Gasteiger partial charge in [-0.3, -0.25) is 4.79 Å². The summed E-state index contributed by atoms with van der Waals surface area (Å²) < 4.78 is 6.30. The second kappa shape index (κ2) is 6.51. The van der Waals surface area contributed by atoms with Crippen LogP contribution in [0.2, 0.25) is 0 Å². The lowest BCUT2D eigenvalue weighted by atomic mass is 9.72. The monoisotopic (exact) mass is 382 g/mol. The highest BCUT2D eigenvalue weighted by atomic mass is 79.9. The molecule has 5 nitrogen and oxygen atoms in total. The van der Waals surface area contributed by atoms with Crippen LogP contribution in [0.25, 0.3) is 0 Å². The average molecular weight is 383 g/mol. The van der Waals surface area contributed by atoms with Gasteiger partial charge in [0.1, 0.15) is 5.60 Å². The lowest BCUT2D eigenvalue weighted by Gasteiger charge is -2.40. The minimum Gasteiger partial charge on any atom is -0.444 e. The average Bonchev–Trinajstić information content (AvgIpc) is 2.45. The van der Waals surface area contributed by atoms with Crippen LogP contribution in [0.5, 0.6) is 0 Å². The van der Waals surface area contributed by atoms with E-state index in [0.29, 0.717) is 25.9 Å². The maximum Gasteiger partial charge on any atom is 0.410 e. The van der Waals surface area contributed by atoms with Crippen molar-refractivity contribution in [3.8, 4) is 0 Å². The molecule has 0 unspecified atom stereocenters. The summed E-state index contributed by atoms with van der Waals surface area (Å²) in [5.74, 6) is -0.348. The Balaban J connectivity index is 2.16. The zero-order valence-corrected chi connectivity index (χ0v) is 15.4. The van der Waals surface area contributed by atoms with Crippen molar-refractivity contribution in [2.45, 2.75) is 44.6 Å². The minimum absolute atomic E-state index is 0.343. The summed E-state index contributed by atoms with van der Waals surface area (Å²) in [5.41, 5.74) is 5.35. The van der Waals surface area contributed by atoms with E-state index in [-0.39, 0.29) is 12.0 Å². The number of hydrogen-bond acceptors (Lipinski definition) is 3. The number of carbonyl (C=O) groups excluding carboxylic acids is 2. The Bertz CT molecular complexity index is 602. The number of primary amides is 1. The highest BCUT2D eigenvalue weighted by Gasteiger charge is 2.43. The number of benzene rings is 1. The molecule has 1 saturated heterocycles. The fourth-order valence-electron chi connectivity index (χ4n) is 2.86. The van der Waals surface area contributed by atoms with E-state index in [1.807, 2.05) is 45.0 Å².